The Bertz CT molecular complexity index is 605. The van der Waals surface area contributed by atoms with Crippen LogP contribution in [0.4, 0.5) is 0 Å². The van der Waals surface area contributed by atoms with Gasteiger partial charge in [0, 0.05) is 18.4 Å². The lowest BCUT2D eigenvalue weighted by molar-refractivity contribution is 0.0571. The van der Waals surface area contributed by atoms with Gasteiger partial charge in [-0.1, -0.05) is 49.4 Å². The van der Waals surface area contributed by atoms with E-state index in [1.165, 1.54) is 5.56 Å². The maximum Gasteiger partial charge on any atom is 0.191 e. The van der Waals surface area contributed by atoms with Gasteiger partial charge >= 0.3 is 0 Å². The summed E-state index contributed by atoms with van der Waals surface area (Å²) in [4.78, 5) is 0. The molecule has 0 amide bonds. The highest BCUT2D eigenvalue weighted by molar-refractivity contribution is 7.99. The molecule has 0 spiro atoms. The molecule has 4 nitrogen and oxygen atoms in total. The molecule has 1 aromatic carbocycles. The zero-order valence-electron chi connectivity index (χ0n) is 13.1. The number of hydrogen-bond acceptors (Lipinski definition) is 4. The van der Waals surface area contributed by atoms with Crippen molar-refractivity contribution in [2.75, 3.05) is 5.75 Å². The molecule has 0 saturated heterocycles. The van der Waals surface area contributed by atoms with E-state index in [-0.39, 0.29) is 0 Å². The maximum atomic E-state index is 10.4. The summed E-state index contributed by atoms with van der Waals surface area (Å²) in [6.07, 6.45) is 1.50. The molecule has 0 fully saturated rings. The molecule has 0 bridgehead atoms. The second-order valence-corrected chi connectivity index (χ2v) is 6.40. The molecular formula is C16H23N3OS. The highest BCUT2D eigenvalue weighted by Gasteiger charge is 2.23. The van der Waals surface area contributed by atoms with Gasteiger partial charge in [-0.3, -0.25) is 0 Å². The molecule has 0 aliphatic heterocycles. The third-order valence-corrected chi connectivity index (χ3v) is 5.19. The van der Waals surface area contributed by atoms with Gasteiger partial charge < -0.3 is 9.67 Å². The van der Waals surface area contributed by atoms with Gasteiger partial charge in [-0.15, -0.1) is 10.2 Å². The van der Waals surface area contributed by atoms with E-state index >= 15 is 0 Å². The third kappa shape index (κ3) is 3.66. The van der Waals surface area contributed by atoms with Crippen LogP contribution < -0.4 is 0 Å². The number of hydrogen-bond donors (Lipinski definition) is 1. The first kappa shape index (κ1) is 16.0. The second-order valence-electron chi connectivity index (χ2n) is 5.45. The first-order valence-electron chi connectivity index (χ1n) is 7.30. The molecule has 1 N–H and O–H groups in total. The van der Waals surface area contributed by atoms with Crippen LogP contribution in [0.2, 0.25) is 0 Å². The van der Waals surface area contributed by atoms with Crippen molar-refractivity contribution in [1.82, 2.24) is 14.8 Å². The van der Waals surface area contributed by atoms with Crippen molar-refractivity contribution < 1.29 is 5.11 Å². The average Bonchev–Trinajstić information content (AvgIpc) is 2.86. The van der Waals surface area contributed by atoms with Gasteiger partial charge in [0.2, 0.25) is 0 Å². The summed E-state index contributed by atoms with van der Waals surface area (Å²) in [5.74, 6) is 1.50. The minimum atomic E-state index is -0.625. The monoisotopic (exact) mass is 305 g/mol. The Morgan fingerprint density at radius 2 is 1.95 bits per heavy atom. The van der Waals surface area contributed by atoms with E-state index in [0.717, 1.165) is 29.4 Å². The third-order valence-electron chi connectivity index (χ3n) is 3.90. The van der Waals surface area contributed by atoms with Crippen LogP contribution in [-0.2, 0) is 7.05 Å². The number of rotatable bonds is 6. The molecule has 1 aromatic heterocycles. The SMILES string of the molecule is CCC(O)(CC)CSc1nnc(-c2cccc(C)c2)n1C. The van der Waals surface area contributed by atoms with Crippen molar-refractivity contribution in [3.63, 3.8) is 0 Å². The molecule has 5 heteroatoms. The molecule has 114 valence electrons. The lowest BCUT2D eigenvalue weighted by Crippen LogP contribution is -2.29. The summed E-state index contributed by atoms with van der Waals surface area (Å²) in [6.45, 7) is 6.09. The molecule has 0 saturated carbocycles. The van der Waals surface area contributed by atoms with E-state index in [4.69, 9.17) is 0 Å². The van der Waals surface area contributed by atoms with E-state index in [1.54, 1.807) is 11.8 Å². The van der Waals surface area contributed by atoms with Crippen LogP contribution >= 0.6 is 11.8 Å². The minimum Gasteiger partial charge on any atom is -0.389 e. The van der Waals surface area contributed by atoms with Crippen molar-refractivity contribution in [2.24, 2.45) is 7.05 Å². The van der Waals surface area contributed by atoms with Crippen molar-refractivity contribution in [1.29, 1.82) is 0 Å². The topological polar surface area (TPSA) is 50.9 Å². The van der Waals surface area contributed by atoms with E-state index in [0.29, 0.717) is 5.75 Å². The van der Waals surface area contributed by atoms with Gasteiger partial charge in [0.1, 0.15) is 0 Å². The fourth-order valence-electron chi connectivity index (χ4n) is 2.13. The van der Waals surface area contributed by atoms with Crippen molar-refractivity contribution in [3.05, 3.63) is 29.8 Å². The first-order chi connectivity index (χ1) is 9.99. The molecular weight excluding hydrogens is 282 g/mol. The molecule has 0 atom stereocenters. The molecule has 0 radical (unpaired) electrons. The predicted molar refractivity (Wildman–Crippen MR) is 87.4 cm³/mol. The summed E-state index contributed by atoms with van der Waals surface area (Å²) in [7, 11) is 1.97. The molecule has 1 heterocycles. The van der Waals surface area contributed by atoms with Crippen LogP contribution in [0.3, 0.4) is 0 Å². The quantitative estimate of drug-likeness (QED) is 0.831. The van der Waals surface area contributed by atoms with Gasteiger partial charge in [-0.2, -0.15) is 0 Å². The van der Waals surface area contributed by atoms with E-state index < -0.39 is 5.60 Å². The smallest absolute Gasteiger partial charge is 0.191 e. The Labute approximate surface area is 130 Å². The second kappa shape index (κ2) is 6.62. The van der Waals surface area contributed by atoms with Crippen LogP contribution in [0.25, 0.3) is 11.4 Å². The van der Waals surface area contributed by atoms with Crippen molar-refractivity contribution in [3.8, 4) is 11.4 Å². The van der Waals surface area contributed by atoms with Crippen LogP contribution in [-0.4, -0.2) is 31.2 Å². The molecule has 2 aromatic rings. The fourth-order valence-corrected chi connectivity index (χ4v) is 3.31. The summed E-state index contributed by atoms with van der Waals surface area (Å²) < 4.78 is 1.99. The Balaban J connectivity index is 2.18. The van der Waals surface area contributed by atoms with E-state index in [1.807, 2.05) is 37.6 Å². The number of aryl methyl sites for hydroxylation is 1. The Kier molecular flexibility index (Phi) is 5.06. The van der Waals surface area contributed by atoms with Gasteiger partial charge in [-0.25, -0.2) is 0 Å². The van der Waals surface area contributed by atoms with Crippen molar-refractivity contribution in [2.45, 2.75) is 44.4 Å². The summed E-state index contributed by atoms with van der Waals surface area (Å²) in [6, 6.07) is 8.24. The van der Waals surface area contributed by atoms with Gasteiger partial charge in [-0.05, 0) is 25.8 Å². The Morgan fingerprint density at radius 1 is 1.24 bits per heavy atom. The van der Waals surface area contributed by atoms with Gasteiger partial charge in [0.25, 0.3) is 0 Å². The minimum absolute atomic E-state index is 0.625. The van der Waals surface area contributed by atoms with Crippen LogP contribution in [0.5, 0.6) is 0 Å². The summed E-state index contributed by atoms with van der Waals surface area (Å²) in [5.41, 5.74) is 1.65. The standard InChI is InChI=1S/C16H23N3OS/c1-5-16(20,6-2)11-21-15-18-17-14(19(15)4)13-9-7-8-12(3)10-13/h7-10,20H,5-6,11H2,1-4H3. The molecule has 0 unspecified atom stereocenters. The van der Waals surface area contributed by atoms with E-state index in [2.05, 4.69) is 29.3 Å². The van der Waals surface area contributed by atoms with Crippen molar-refractivity contribution >= 4 is 11.8 Å². The Hall–Kier alpha value is -1.33. The van der Waals surface area contributed by atoms with Crippen LogP contribution in [0.15, 0.2) is 29.4 Å². The van der Waals surface area contributed by atoms with Crippen LogP contribution in [0, 0.1) is 6.92 Å². The Morgan fingerprint density at radius 3 is 2.57 bits per heavy atom. The van der Waals surface area contributed by atoms with Gasteiger partial charge in [0.05, 0.1) is 5.60 Å². The van der Waals surface area contributed by atoms with Gasteiger partial charge in [0.15, 0.2) is 11.0 Å². The number of aliphatic hydroxyl groups is 1. The van der Waals surface area contributed by atoms with E-state index in [9.17, 15) is 5.11 Å². The number of aromatic nitrogens is 3. The summed E-state index contributed by atoms with van der Waals surface area (Å²) in [5, 5.41) is 19.8. The lowest BCUT2D eigenvalue weighted by atomic mass is 10.0. The lowest BCUT2D eigenvalue weighted by Gasteiger charge is -2.24. The normalized spacial score (nSPS) is 11.9. The zero-order valence-corrected chi connectivity index (χ0v) is 13.9. The zero-order chi connectivity index (χ0) is 15.5. The predicted octanol–water partition coefficient (Wildman–Crippen LogP) is 3.43. The average molecular weight is 305 g/mol. The first-order valence-corrected chi connectivity index (χ1v) is 8.29. The molecule has 0 aliphatic carbocycles. The fraction of sp³-hybridized carbons (Fsp3) is 0.500. The molecule has 2 rings (SSSR count). The number of benzene rings is 1. The largest absolute Gasteiger partial charge is 0.389 e. The molecule has 21 heavy (non-hydrogen) atoms. The van der Waals surface area contributed by atoms with Crippen LogP contribution in [0.1, 0.15) is 32.3 Å². The highest BCUT2D eigenvalue weighted by atomic mass is 32.2. The molecule has 0 aliphatic rings. The summed E-state index contributed by atoms with van der Waals surface area (Å²) >= 11 is 1.56. The number of thioether (sulfide) groups is 1. The maximum absolute atomic E-state index is 10.4. The number of nitrogens with zero attached hydrogens (tertiary/aromatic N) is 3. The highest BCUT2D eigenvalue weighted by Crippen LogP contribution is 2.28.